The first-order chi connectivity index (χ1) is 6.72. The molecule has 0 saturated carbocycles. The van der Waals surface area contributed by atoms with Crippen molar-refractivity contribution in [1.82, 2.24) is 5.32 Å². The van der Waals surface area contributed by atoms with E-state index in [2.05, 4.69) is 5.32 Å². The molecule has 2 nitrogen and oxygen atoms in total. The number of nitrogens with one attached hydrogen (secondary N) is 1. The molecule has 76 valence electrons. The Hall–Kier alpha value is -0.670. The zero-order valence-electron chi connectivity index (χ0n) is 8.38. The zero-order valence-corrected chi connectivity index (χ0v) is 9.19. The van der Waals surface area contributed by atoms with Gasteiger partial charge in [-0.05, 0) is 44.2 Å². The first-order valence-electron chi connectivity index (χ1n) is 5.04. The van der Waals surface area contributed by atoms with Crippen molar-refractivity contribution >= 4 is 17.1 Å². The molecular formula is C11H15NOS. The molecule has 0 aliphatic carbocycles. The van der Waals surface area contributed by atoms with Crippen LogP contribution in [0, 0.1) is 0 Å². The van der Waals surface area contributed by atoms with Crippen LogP contribution in [0.1, 0.15) is 36.5 Å². The summed E-state index contributed by atoms with van der Waals surface area (Å²) in [4.78, 5) is 12.1. The van der Waals surface area contributed by atoms with E-state index in [1.54, 1.807) is 11.3 Å². The second-order valence-electron chi connectivity index (χ2n) is 4.06. The van der Waals surface area contributed by atoms with Crippen molar-refractivity contribution in [2.24, 2.45) is 0 Å². The van der Waals surface area contributed by atoms with E-state index in [1.165, 1.54) is 6.42 Å². The van der Waals surface area contributed by atoms with Gasteiger partial charge in [-0.1, -0.05) is 0 Å². The second kappa shape index (κ2) is 3.83. The Balaban J connectivity index is 2.17. The van der Waals surface area contributed by atoms with Crippen molar-refractivity contribution in [3.8, 4) is 0 Å². The Labute approximate surface area is 88.3 Å². The number of carbonyl (C=O) groups excluding carboxylic acids is 1. The van der Waals surface area contributed by atoms with E-state index in [4.69, 9.17) is 0 Å². The van der Waals surface area contributed by atoms with Crippen LogP contribution in [0.4, 0.5) is 0 Å². The van der Waals surface area contributed by atoms with Crippen LogP contribution in [0.5, 0.6) is 0 Å². The van der Waals surface area contributed by atoms with Crippen LogP contribution in [0.2, 0.25) is 0 Å². The SMILES string of the molecule is CC1(C(=O)c2ccsc2)CCCCN1. The molecule has 1 fully saturated rings. The summed E-state index contributed by atoms with van der Waals surface area (Å²) in [7, 11) is 0. The van der Waals surface area contributed by atoms with Gasteiger partial charge in [-0.3, -0.25) is 4.79 Å². The van der Waals surface area contributed by atoms with Crippen molar-refractivity contribution in [3.63, 3.8) is 0 Å². The van der Waals surface area contributed by atoms with Gasteiger partial charge in [0.05, 0.1) is 5.54 Å². The van der Waals surface area contributed by atoms with Gasteiger partial charge >= 0.3 is 0 Å². The van der Waals surface area contributed by atoms with E-state index in [1.807, 2.05) is 23.8 Å². The summed E-state index contributed by atoms with van der Waals surface area (Å²) in [6, 6.07) is 1.91. The van der Waals surface area contributed by atoms with Crippen LogP contribution in [0.3, 0.4) is 0 Å². The van der Waals surface area contributed by atoms with Crippen LogP contribution >= 0.6 is 11.3 Å². The number of carbonyl (C=O) groups is 1. The summed E-state index contributed by atoms with van der Waals surface area (Å²) in [5.41, 5.74) is 0.533. The van der Waals surface area contributed by atoms with E-state index >= 15 is 0 Å². The lowest BCUT2D eigenvalue weighted by atomic mass is 9.84. The quantitative estimate of drug-likeness (QED) is 0.758. The molecule has 0 aromatic carbocycles. The third kappa shape index (κ3) is 1.74. The summed E-state index contributed by atoms with van der Waals surface area (Å²) in [5.74, 6) is 0.249. The molecule has 1 aromatic heterocycles. The number of hydrogen-bond acceptors (Lipinski definition) is 3. The Kier molecular flexibility index (Phi) is 2.70. The van der Waals surface area contributed by atoms with E-state index in [-0.39, 0.29) is 11.3 Å². The number of ketones is 1. The topological polar surface area (TPSA) is 29.1 Å². The maximum atomic E-state index is 12.1. The van der Waals surface area contributed by atoms with Gasteiger partial charge in [0.2, 0.25) is 0 Å². The fraction of sp³-hybridized carbons (Fsp3) is 0.545. The fourth-order valence-electron chi connectivity index (χ4n) is 1.96. The highest BCUT2D eigenvalue weighted by Crippen LogP contribution is 2.24. The molecule has 1 N–H and O–H groups in total. The molecule has 2 rings (SSSR count). The number of hydrogen-bond donors (Lipinski definition) is 1. The van der Waals surface area contributed by atoms with Gasteiger partial charge in [0, 0.05) is 10.9 Å². The zero-order chi connectivity index (χ0) is 10.0. The summed E-state index contributed by atoms with van der Waals surface area (Å²) in [6.45, 7) is 2.98. The first kappa shape index (κ1) is 9.87. The molecule has 0 radical (unpaired) electrons. The van der Waals surface area contributed by atoms with Gasteiger partial charge in [0.1, 0.15) is 0 Å². The van der Waals surface area contributed by atoms with Crippen LogP contribution < -0.4 is 5.32 Å². The molecule has 0 amide bonds. The molecule has 1 atom stereocenters. The van der Waals surface area contributed by atoms with Gasteiger partial charge in [-0.2, -0.15) is 11.3 Å². The predicted octanol–water partition coefficient (Wildman–Crippen LogP) is 2.46. The highest BCUT2D eigenvalue weighted by molar-refractivity contribution is 7.08. The van der Waals surface area contributed by atoms with Crippen LogP contribution in [-0.2, 0) is 0 Å². The molecule has 2 heterocycles. The van der Waals surface area contributed by atoms with Crippen LogP contribution in [-0.4, -0.2) is 17.9 Å². The number of piperidine rings is 1. The van der Waals surface area contributed by atoms with E-state index in [0.717, 1.165) is 24.9 Å². The average molecular weight is 209 g/mol. The Morgan fingerprint density at radius 1 is 1.57 bits per heavy atom. The first-order valence-corrected chi connectivity index (χ1v) is 5.99. The number of Topliss-reactive ketones (excluding diaryl/α,β-unsaturated/α-hetero) is 1. The molecule has 1 aliphatic rings. The molecule has 14 heavy (non-hydrogen) atoms. The smallest absolute Gasteiger partial charge is 0.183 e. The molecule has 0 bridgehead atoms. The highest BCUT2D eigenvalue weighted by atomic mass is 32.1. The van der Waals surface area contributed by atoms with Gasteiger partial charge in [-0.15, -0.1) is 0 Å². The summed E-state index contributed by atoms with van der Waals surface area (Å²) < 4.78 is 0. The van der Waals surface area contributed by atoms with Gasteiger partial charge < -0.3 is 5.32 Å². The van der Waals surface area contributed by atoms with Crippen LogP contribution in [0.15, 0.2) is 16.8 Å². The predicted molar refractivity (Wildman–Crippen MR) is 58.9 cm³/mol. The van der Waals surface area contributed by atoms with Gasteiger partial charge in [0.25, 0.3) is 0 Å². The fourth-order valence-corrected chi connectivity index (χ4v) is 2.60. The monoisotopic (exact) mass is 209 g/mol. The molecular weight excluding hydrogens is 194 g/mol. The molecule has 3 heteroatoms. The molecule has 1 unspecified atom stereocenters. The largest absolute Gasteiger partial charge is 0.305 e. The molecule has 1 aliphatic heterocycles. The van der Waals surface area contributed by atoms with Crippen LogP contribution in [0.25, 0.3) is 0 Å². The molecule has 1 saturated heterocycles. The minimum Gasteiger partial charge on any atom is -0.305 e. The minimum atomic E-state index is -0.320. The van der Waals surface area contributed by atoms with Gasteiger partial charge in [0.15, 0.2) is 5.78 Å². The maximum Gasteiger partial charge on any atom is 0.183 e. The van der Waals surface area contributed by atoms with E-state index < -0.39 is 0 Å². The average Bonchev–Trinajstić information content (AvgIpc) is 2.70. The lowest BCUT2D eigenvalue weighted by Gasteiger charge is -2.33. The molecule has 1 aromatic rings. The van der Waals surface area contributed by atoms with E-state index in [0.29, 0.717) is 0 Å². The highest BCUT2D eigenvalue weighted by Gasteiger charge is 2.34. The summed E-state index contributed by atoms with van der Waals surface area (Å²) >= 11 is 1.58. The maximum absolute atomic E-state index is 12.1. The standard InChI is InChI=1S/C11H15NOS/c1-11(5-2-3-6-12-11)10(13)9-4-7-14-8-9/h4,7-8,12H,2-3,5-6H2,1H3. The third-order valence-corrected chi connectivity index (χ3v) is 3.59. The Bertz CT molecular complexity index is 312. The van der Waals surface area contributed by atoms with Gasteiger partial charge in [-0.25, -0.2) is 0 Å². The lowest BCUT2D eigenvalue weighted by Crippen LogP contribution is -2.52. The Morgan fingerprint density at radius 3 is 3.00 bits per heavy atom. The third-order valence-electron chi connectivity index (χ3n) is 2.90. The van der Waals surface area contributed by atoms with Crippen molar-refractivity contribution in [3.05, 3.63) is 22.4 Å². The van der Waals surface area contributed by atoms with Crippen molar-refractivity contribution in [2.45, 2.75) is 31.7 Å². The van der Waals surface area contributed by atoms with E-state index in [9.17, 15) is 4.79 Å². The number of rotatable bonds is 2. The number of thiophene rings is 1. The second-order valence-corrected chi connectivity index (χ2v) is 4.84. The van der Waals surface area contributed by atoms with Crippen molar-refractivity contribution in [2.75, 3.05) is 6.54 Å². The van der Waals surface area contributed by atoms with Crippen molar-refractivity contribution < 1.29 is 4.79 Å². The minimum absolute atomic E-state index is 0.249. The summed E-state index contributed by atoms with van der Waals surface area (Å²) in [6.07, 6.45) is 3.30. The Morgan fingerprint density at radius 2 is 2.43 bits per heavy atom. The molecule has 0 spiro atoms. The normalized spacial score (nSPS) is 27.5. The lowest BCUT2D eigenvalue weighted by molar-refractivity contribution is 0.0835. The van der Waals surface area contributed by atoms with Crippen molar-refractivity contribution in [1.29, 1.82) is 0 Å². The summed E-state index contributed by atoms with van der Waals surface area (Å²) in [5, 5.41) is 7.23.